The molecule has 0 amide bonds. The van der Waals surface area contributed by atoms with E-state index in [1.54, 1.807) is 0 Å². The van der Waals surface area contributed by atoms with Gasteiger partial charge in [-0.2, -0.15) is 5.26 Å². The average Bonchev–Trinajstić information content (AvgIpc) is 2.44. The molecule has 0 saturated heterocycles. The van der Waals surface area contributed by atoms with Crippen LogP contribution in [0, 0.1) is 23.7 Å². The van der Waals surface area contributed by atoms with Crippen molar-refractivity contribution in [2.45, 2.75) is 56.1 Å². The second-order valence-corrected chi connectivity index (χ2v) is 7.75. The number of alkyl halides is 1. The standard InChI is InChI=1S/C16H22ClNOS/c1-4-5-10-16(3,11-12-18)15(17)20(19)14-8-6-13(2)7-9-14/h6-9,15H,4-5,10-11H2,1-3H3/t15?,16-,20?/m1/s1. The highest BCUT2D eigenvalue weighted by atomic mass is 35.5. The normalized spacial score (nSPS) is 16.9. The third kappa shape index (κ3) is 4.33. The number of benzene rings is 1. The van der Waals surface area contributed by atoms with Gasteiger partial charge in [-0.1, -0.05) is 44.4 Å². The van der Waals surface area contributed by atoms with E-state index in [2.05, 4.69) is 13.0 Å². The lowest BCUT2D eigenvalue weighted by molar-refractivity contribution is 0.319. The largest absolute Gasteiger partial charge is 0.253 e. The first-order chi connectivity index (χ1) is 9.44. The maximum atomic E-state index is 12.6. The molecule has 20 heavy (non-hydrogen) atoms. The molecule has 1 aromatic carbocycles. The van der Waals surface area contributed by atoms with E-state index in [1.165, 1.54) is 0 Å². The van der Waals surface area contributed by atoms with Gasteiger partial charge in [-0.15, -0.1) is 11.6 Å². The fourth-order valence-corrected chi connectivity index (χ4v) is 3.95. The maximum Gasteiger partial charge on any atom is 0.120 e. The molecule has 0 spiro atoms. The van der Waals surface area contributed by atoms with Crippen LogP contribution in [-0.2, 0) is 10.8 Å². The van der Waals surface area contributed by atoms with E-state index in [1.807, 2.05) is 38.1 Å². The summed E-state index contributed by atoms with van der Waals surface area (Å²) >= 11 is 6.48. The zero-order valence-corrected chi connectivity index (χ0v) is 13.9. The highest BCUT2D eigenvalue weighted by molar-refractivity contribution is 7.87. The molecular formula is C16H22ClNOS. The Morgan fingerprint density at radius 2 is 2.00 bits per heavy atom. The summed E-state index contributed by atoms with van der Waals surface area (Å²) in [5.41, 5.74) is 0.713. The summed E-state index contributed by atoms with van der Waals surface area (Å²) in [6.07, 6.45) is 3.19. The Kier molecular flexibility index (Phi) is 6.71. The van der Waals surface area contributed by atoms with Crippen LogP contribution in [0.25, 0.3) is 0 Å². The van der Waals surface area contributed by atoms with Crippen molar-refractivity contribution in [3.63, 3.8) is 0 Å². The molecule has 110 valence electrons. The second-order valence-electron chi connectivity index (χ2n) is 5.52. The van der Waals surface area contributed by atoms with Gasteiger partial charge in [0.2, 0.25) is 0 Å². The number of unbranched alkanes of at least 4 members (excludes halogenated alkanes) is 1. The molecule has 0 aliphatic carbocycles. The molecule has 0 N–H and O–H groups in total. The number of hydrogen-bond acceptors (Lipinski definition) is 2. The van der Waals surface area contributed by atoms with E-state index < -0.39 is 20.9 Å². The van der Waals surface area contributed by atoms with Crippen molar-refractivity contribution in [3.8, 4) is 6.07 Å². The van der Waals surface area contributed by atoms with Crippen molar-refractivity contribution >= 4 is 22.4 Å². The van der Waals surface area contributed by atoms with Crippen LogP contribution in [0.1, 0.15) is 45.1 Å². The van der Waals surface area contributed by atoms with Crippen LogP contribution >= 0.6 is 11.6 Å². The van der Waals surface area contributed by atoms with E-state index in [4.69, 9.17) is 16.9 Å². The number of rotatable bonds is 7. The van der Waals surface area contributed by atoms with Gasteiger partial charge in [-0.05, 0) is 25.5 Å². The lowest BCUT2D eigenvalue weighted by Crippen LogP contribution is -2.31. The summed E-state index contributed by atoms with van der Waals surface area (Å²) in [6, 6.07) is 9.77. The molecule has 2 nitrogen and oxygen atoms in total. The molecule has 3 atom stereocenters. The molecule has 0 aliphatic heterocycles. The van der Waals surface area contributed by atoms with Gasteiger partial charge in [0.25, 0.3) is 0 Å². The van der Waals surface area contributed by atoms with Crippen molar-refractivity contribution in [1.29, 1.82) is 5.26 Å². The molecule has 0 heterocycles. The predicted molar refractivity (Wildman–Crippen MR) is 85.1 cm³/mol. The Morgan fingerprint density at radius 3 is 2.50 bits per heavy atom. The van der Waals surface area contributed by atoms with Crippen LogP contribution < -0.4 is 0 Å². The third-order valence-corrected chi connectivity index (χ3v) is 6.27. The van der Waals surface area contributed by atoms with E-state index in [9.17, 15) is 4.21 Å². The van der Waals surface area contributed by atoms with Crippen molar-refractivity contribution in [2.75, 3.05) is 0 Å². The summed E-state index contributed by atoms with van der Waals surface area (Å²) in [7, 11) is -1.30. The average molecular weight is 312 g/mol. The zero-order chi connectivity index (χ0) is 15.2. The number of nitriles is 1. The van der Waals surface area contributed by atoms with E-state index in [-0.39, 0.29) is 0 Å². The highest BCUT2D eigenvalue weighted by Gasteiger charge is 2.36. The van der Waals surface area contributed by atoms with Gasteiger partial charge < -0.3 is 0 Å². The third-order valence-electron chi connectivity index (χ3n) is 3.57. The zero-order valence-electron chi connectivity index (χ0n) is 12.4. The number of nitrogens with zero attached hydrogens (tertiary/aromatic N) is 1. The van der Waals surface area contributed by atoms with Crippen molar-refractivity contribution in [2.24, 2.45) is 5.41 Å². The monoisotopic (exact) mass is 311 g/mol. The van der Waals surface area contributed by atoms with E-state index >= 15 is 0 Å². The first kappa shape index (κ1) is 17.2. The minimum absolute atomic E-state index is 0.332. The maximum absolute atomic E-state index is 12.6. The van der Waals surface area contributed by atoms with Gasteiger partial charge in [0.15, 0.2) is 0 Å². The summed E-state index contributed by atoms with van der Waals surface area (Å²) < 4.78 is 12.1. The number of hydrogen-bond donors (Lipinski definition) is 0. The fourth-order valence-electron chi connectivity index (χ4n) is 2.09. The Hall–Kier alpha value is -0.850. The molecule has 1 rings (SSSR count). The van der Waals surface area contributed by atoms with Crippen LogP contribution in [0.15, 0.2) is 29.2 Å². The molecule has 0 fully saturated rings. The minimum Gasteiger partial charge on any atom is -0.253 e. The summed E-state index contributed by atoms with van der Waals surface area (Å²) in [5.74, 6) is 0. The van der Waals surface area contributed by atoms with Crippen molar-refractivity contribution < 1.29 is 4.21 Å². The molecular weight excluding hydrogens is 290 g/mol. The van der Waals surface area contributed by atoms with Gasteiger partial charge in [0, 0.05) is 16.7 Å². The minimum atomic E-state index is -1.30. The molecule has 0 aromatic heterocycles. The Labute approximate surface area is 129 Å². The van der Waals surface area contributed by atoms with Crippen LogP contribution in [0.4, 0.5) is 0 Å². The quantitative estimate of drug-likeness (QED) is 0.680. The van der Waals surface area contributed by atoms with Gasteiger partial charge in [0.05, 0.1) is 16.9 Å². The van der Waals surface area contributed by atoms with Gasteiger partial charge >= 0.3 is 0 Å². The number of halogens is 1. The molecule has 1 aromatic rings. The van der Waals surface area contributed by atoms with Gasteiger partial charge in [-0.3, -0.25) is 4.21 Å². The second kappa shape index (κ2) is 7.81. The first-order valence-electron chi connectivity index (χ1n) is 6.93. The van der Waals surface area contributed by atoms with E-state index in [0.717, 1.165) is 29.7 Å². The van der Waals surface area contributed by atoms with Crippen LogP contribution in [0.5, 0.6) is 0 Å². The lowest BCUT2D eigenvalue weighted by Gasteiger charge is -2.31. The first-order valence-corrected chi connectivity index (χ1v) is 8.58. The van der Waals surface area contributed by atoms with Crippen molar-refractivity contribution in [3.05, 3.63) is 29.8 Å². The fraction of sp³-hybridized carbons (Fsp3) is 0.562. The topological polar surface area (TPSA) is 40.9 Å². The Balaban J connectivity index is 2.93. The van der Waals surface area contributed by atoms with Crippen molar-refractivity contribution in [1.82, 2.24) is 0 Å². The van der Waals surface area contributed by atoms with E-state index in [0.29, 0.717) is 6.42 Å². The number of aryl methyl sites for hydroxylation is 1. The van der Waals surface area contributed by atoms with Crippen LogP contribution in [0.3, 0.4) is 0 Å². The SMILES string of the molecule is CCCC[C@](C)(CC#N)C(Cl)S(=O)c1ccc(C)cc1. The summed E-state index contributed by atoms with van der Waals surface area (Å²) in [6.45, 7) is 6.06. The molecule has 4 heteroatoms. The molecule has 0 saturated carbocycles. The predicted octanol–water partition coefficient (Wildman–Crippen LogP) is 4.78. The lowest BCUT2D eigenvalue weighted by atomic mass is 9.84. The molecule has 0 radical (unpaired) electrons. The van der Waals surface area contributed by atoms with Crippen LogP contribution in [0.2, 0.25) is 0 Å². The van der Waals surface area contributed by atoms with Gasteiger partial charge in [0.1, 0.15) is 4.71 Å². The molecule has 2 unspecified atom stereocenters. The molecule has 0 bridgehead atoms. The highest BCUT2D eigenvalue weighted by Crippen LogP contribution is 2.39. The van der Waals surface area contributed by atoms with Gasteiger partial charge in [-0.25, -0.2) is 0 Å². The Morgan fingerprint density at radius 1 is 1.40 bits per heavy atom. The summed E-state index contributed by atoms with van der Waals surface area (Å²) in [5, 5.41) is 9.03. The van der Waals surface area contributed by atoms with Crippen LogP contribution in [-0.4, -0.2) is 8.92 Å². The Bertz CT molecular complexity index is 494. The molecule has 0 aliphatic rings. The summed E-state index contributed by atoms with van der Waals surface area (Å²) in [4.78, 5) is 0.733. The smallest absolute Gasteiger partial charge is 0.120 e.